The van der Waals surface area contributed by atoms with Crippen LogP contribution in [0, 0.1) is 0 Å². The number of esters is 1. The third kappa shape index (κ3) is 9.09. The number of nitrogens with zero attached hydrogens (tertiary/aromatic N) is 2. The van der Waals surface area contributed by atoms with Gasteiger partial charge < -0.3 is 19.8 Å². The highest BCUT2D eigenvalue weighted by atomic mass is 16.5. The van der Waals surface area contributed by atoms with E-state index in [9.17, 15) is 14.4 Å². The fourth-order valence-corrected chi connectivity index (χ4v) is 6.50. The van der Waals surface area contributed by atoms with Gasteiger partial charge in [0, 0.05) is 28.9 Å². The Morgan fingerprint density at radius 3 is 2.02 bits per heavy atom. The van der Waals surface area contributed by atoms with Crippen molar-refractivity contribution in [3.05, 3.63) is 76.6 Å². The zero-order valence-corrected chi connectivity index (χ0v) is 29.4. The monoisotopic (exact) mass is 631 g/mol. The summed E-state index contributed by atoms with van der Waals surface area (Å²) < 4.78 is 7.21. The molecule has 252 valence electrons. The van der Waals surface area contributed by atoms with E-state index in [2.05, 4.69) is 32.9 Å². The fourth-order valence-electron chi connectivity index (χ4n) is 6.50. The second kappa shape index (κ2) is 17.5. The topological polar surface area (TPSA) is 94.1 Å². The minimum Gasteiger partial charge on any atom is -0.462 e. The van der Waals surface area contributed by atoms with Crippen molar-refractivity contribution in [3.63, 3.8) is 0 Å². The summed E-state index contributed by atoms with van der Waals surface area (Å²) in [5.74, 6) is -0.703. The van der Waals surface area contributed by atoms with E-state index < -0.39 is 5.97 Å². The molecule has 2 aromatic heterocycles. The fraction of sp³-hybridized carbons (Fsp3) is 0.564. The van der Waals surface area contributed by atoms with Gasteiger partial charge in [-0.05, 0) is 101 Å². The van der Waals surface area contributed by atoms with Gasteiger partial charge in [0.25, 0.3) is 5.91 Å². The summed E-state index contributed by atoms with van der Waals surface area (Å²) in [5, 5.41) is 0. The molecule has 0 fully saturated rings. The number of ether oxygens (including phenoxy) is 1. The molecule has 1 aromatic carbocycles. The van der Waals surface area contributed by atoms with Gasteiger partial charge in [-0.25, -0.2) is 0 Å². The molecule has 0 aliphatic heterocycles. The summed E-state index contributed by atoms with van der Waals surface area (Å²) in [6.07, 6.45) is 12.0. The van der Waals surface area contributed by atoms with Gasteiger partial charge in [-0.1, -0.05) is 77.1 Å². The van der Waals surface area contributed by atoms with Crippen LogP contribution in [0.2, 0.25) is 0 Å². The maximum atomic E-state index is 14.2. The highest BCUT2D eigenvalue weighted by Gasteiger charge is 2.31. The van der Waals surface area contributed by atoms with Crippen LogP contribution in [-0.2, 0) is 21.4 Å². The largest absolute Gasteiger partial charge is 0.462 e. The Kier molecular flexibility index (Phi) is 14.1. The lowest BCUT2D eigenvalue weighted by molar-refractivity contribution is -0.148. The van der Waals surface area contributed by atoms with Crippen molar-refractivity contribution < 1.29 is 19.1 Å². The SMILES string of the molecule is CCCCc1cc2cc(C(=O)N(CC(=O)OC(C)C)C(C)C)ccn2c1C(=O)c1ccc(C(CCN)(CCCC)CCCC)cc1. The van der Waals surface area contributed by atoms with Crippen LogP contribution in [0.25, 0.3) is 5.52 Å². The minimum atomic E-state index is -0.433. The highest BCUT2D eigenvalue weighted by Crippen LogP contribution is 2.39. The maximum absolute atomic E-state index is 14.2. The van der Waals surface area contributed by atoms with E-state index in [0.717, 1.165) is 75.3 Å². The number of pyridine rings is 1. The molecule has 0 atom stereocenters. The lowest BCUT2D eigenvalue weighted by atomic mass is 9.70. The number of aromatic nitrogens is 1. The van der Waals surface area contributed by atoms with Crippen molar-refractivity contribution in [3.8, 4) is 0 Å². The third-order valence-corrected chi connectivity index (χ3v) is 9.06. The number of nitrogens with two attached hydrogens (primary N) is 1. The molecular weight excluding hydrogens is 574 g/mol. The van der Waals surface area contributed by atoms with E-state index in [1.807, 2.05) is 48.7 Å². The minimum absolute atomic E-state index is 0.0245. The normalized spacial score (nSPS) is 11.9. The van der Waals surface area contributed by atoms with E-state index in [1.54, 1.807) is 19.9 Å². The van der Waals surface area contributed by atoms with Crippen LogP contribution >= 0.6 is 0 Å². The van der Waals surface area contributed by atoms with Crippen molar-refractivity contribution in [2.45, 2.75) is 130 Å². The Bertz CT molecular complexity index is 1430. The predicted molar refractivity (Wildman–Crippen MR) is 188 cm³/mol. The van der Waals surface area contributed by atoms with Gasteiger partial charge in [0.2, 0.25) is 5.78 Å². The second-order valence-corrected chi connectivity index (χ2v) is 13.3. The molecule has 0 aliphatic rings. The Labute approximate surface area is 276 Å². The molecule has 0 saturated heterocycles. The third-order valence-electron chi connectivity index (χ3n) is 9.06. The first-order valence-electron chi connectivity index (χ1n) is 17.5. The predicted octanol–water partition coefficient (Wildman–Crippen LogP) is 8.28. The molecule has 46 heavy (non-hydrogen) atoms. The zero-order valence-electron chi connectivity index (χ0n) is 29.4. The summed E-state index contributed by atoms with van der Waals surface area (Å²) >= 11 is 0. The molecule has 0 unspecified atom stereocenters. The van der Waals surface area contributed by atoms with E-state index in [1.165, 1.54) is 10.5 Å². The summed E-state index contributed by atoms with van der Waals surface area (Å²) in [6.45, 7) is 14.5. The van der Waals surface area contributed by atoms with E-state index >= 15 is 0 Å². The molecule has 0 aliphatic carbocycles. The summed E-state index contributed by atoms with van der Waals surface area (Å²) in [6, 6.07) is 13.7. The molecule has 3 rings (SSSR count). The number of unbranched alkanes of at least 4 members (excludes halogenated alkanes) is 3. The number of aryl methyl sites for hydroxylation is 1. The molecule has 7 nitrogen and oxygen atoms in total. The van der Waals surface area contributed by atoms with E-state index in [0.29, 0.717) is 23.4 Å². The van der Waals surface area contributed by atoms with Gasteiger partial charge in [0.15, 0.2) is 0 Å². The first-order chi connectivity index (χ1) is 22.0. The number of rotatable bonds is 19. The molecule has 2 heterocycles. The standard InChI is InChI=1S/C39H57N3O4/c1-8-11-14-31-25-34-26-32(38(45)42(28(4)5)27-35(43)46-29(6)7)19-24-41(34)36(31)37(44)30-15-17-33(18-16-30)39(22-23-40,20-12-9-2)21-13-10-3/h15-19,24-26,28-29H,8-14,20-23,27,40H2,1-7H3. The zero-order chi connectivity index (χ0) is 33.9. The molecule has 1 amide bonds. The van der Waals surface area contributed by atoms with Gasteiger partial charge in [-0.15, -0.1) is 0 Å². The second-order valence-electron chi connectivity index (χ2n) is 13.3. The van der Waals surface area contributed by atoms with Crippen LogP contribution in [0.5, 0.6) is 0 Å². The maximum Gasteiger partial charge on any atom is 0.325 e. The van der Waals surface area contributed by atoms with Crippen LogP contribution in [0.15, 0.2) is 48.7 Å². The van der Waals surface area contributed by atoms with Crippen molar-refractivity contribution in [2.75, 3.05) is 13.1 Å². The Balaban J connectivity index is 2.00. The number of carbonyl (C=O) groups excluding carboxylic acids is 3. The molecule has 3 aromatic rings. The molecule has 0 radical (unpaired) electrons. The number of benzene rings is 1. The Morgan fingerprint density at radius 1 is 0.848 bits per heavy atom. The lowest BCUT2D eigenvalue weighted by Gasteiger charge is -2.35. The summed E-state index contributed by atoms with van der Waals surface area (Å²) in [7, 11) is 0. The average Bonchev–Trinajstić information content (AvgIpc) is 3.40. The van der Waals surface area contributed by atoms with Crippen LogP contribution in [-0.4, -0.2) is 52.2 Å². The number of hydrogen-bond donors (Lipinski definition) is 1. The molecule has 0 spiro atoms. The van der Waals surface area contributed by atoms with E-state index in [-0.39, 0.29) is 35.8 Å². The first-order valence-corrected chi connectivity index (χ1v) is 17.5. The van der Waals surface area contributed by atoms with Crippen LogP contribution in [0.4, 0.5) is 0 Å². The first kappa shape index (κ1) is 37.0. The number of ketones is 1. The van der Waals surface area contributed by atoms with Gasteiger partial charge in [0.05, 0.1) is 11.8 Å². The van der Waals surface area contributed by atoms with Crippen molar-refractivity contribution in [2.24, 2.45) is 5.73 Å². The number of carbonyl (C=O) groups is 3. The van der Waals surface area contributed by atoms with Crippen molar-refractivity contribution in [1.29, 1.82) is 0 Å². The molecule has 2 N–H and O–H groups in total. The molecular formula is C39H57N3O4. The van der Waals surface area contributed by atoms with E-state index in [4.69, 9.17) is 10.5 Å². The number of fused-ring (bicyclic) bond motifs is 1. The van der Waals surface area contributed by atoms with Crippen LogP contribution in [0.1, 0.15) is 144 Å². The van der Waals surface area contributed by atoms with Gasteiger partial charge in [-0.3, -0.25) is 14.4 Å². The summed E-state index contributed by atoms with van der Waals surface area (Å²) in [5.41, 5.74) is 11.0. The molecule has 7 heteroatoms. The number of amides is 1. The highest BCUT2D eigenvalue weighted by molar-refractivity contribution is 6.10. The van der Waals surface area contributed by atoms with Crippen molar-refractivity contribution in [1.82, 2.24) is 9.30 Å². The quantitative estimate of drug-likeness (QED) is 0.106. The molecule has 0 saturated carbocycles. The van der Waals surface area contributed by atoms with Crippen molar-refractivity contribution >= 4 is 23.2 Å². The van der Waals surface area contributed by atoms with Gasteiger partial charge in [-0.2, -0.15) is 0 Å². The number of hydrogen-bond acceptors (Lipinski definition) is 5. The molecule has 0 bridgehead atoms. The average molecular weight is 632 g/mol. The van der Waals surface area contributed by atoms with Crippen LogP contribution < -0.4 is 5.73 Å². The Morgan fingerprint density at radius 2 is 1.48 bits per heavy atom. The smallest absolute Gasteiger partial charge is 0.325 e. The summed E-state index contributed by atoms with van der Waals surface area (Å²) in [4.78, 5) is 41.7. The van der Waals surface area contributed by atoms with Gasteiger partial charge >= 0.3 is 5.97 Å². The van der Waals surface area contributed by atoms with Gasteiger partial charge in [0.1, 0.15) is 6.54 Å². The van der Waals surface area contributed by atoms with Crippen LogP contribution in [0.3, 0.4) is 0 Å². The lowest BCUT2D eigenvalue weighted by Crippen LogP contribution is -2.41. The Hall–Kier alpha value is -3.45.